The van der Waals surface area contributed by atoms with Gasteiger partial charge in [0.1, 0.15) is 11.6 Å². The van der Waals surface area contributed by atoms with Gasteiger partial charge >= 0.3 is 0 Å². The number of carbonyl (C=O) groups excluding carboxylic acids is 1. The first-order valence-corrected chi connectivity index (χ1v) is 9.95. The number of nitrogens with one attached hydrogen (secondary N) is 2. The third-order valence-electron chi connectivity index (χ3n) is 4.92. The summed E-state index contributed by atoms with van der Waals surface area (Å²) in [6.07, 6.45) is 1.51. The molecule has 0 spiro atoms. The van der Waals surface area contributed by atoms with Crippen LogP contribution in [0.2, 0.25) is 0 Å². The summed E-state index contributed by atoms with van der Waals surface area (Å²) < 4.78 is 27.1. The van der Waals surface area contributed by atoms with E-state index in [1.165, 1.54) is 36.4 Å². The van der Waals surface area contributed by atoms with Crippen LogP contribution in [0.1, 0.15) is 27.0 Å². The van der Waals surface area contributed by atoms with Crippen molar-refractivity contribution in [2.75, 3.05) is 6.61 Å². The van der Waals surface area contributed by atoms with Gasteiger partial charge in [0.25, 0.3) is 5.91 Å². The van der Waals surface area contributed by atoms with E-state index >= 15 is 0 Å². The van der Waals surface area contributed by atoms with E-state index in [9.17, 15) is 18.7 Å². The summed E-state index contributed by atoms with van der Waals surface area (Å²) in [5.41, 5.74) is 7.92. The van der Waals surface area contributed by atoms with Crippen LogP contribution in [0.5, 0.6) is 0 Å². The molecule has 0 radical (unpaired) electrons. The van der Waals surface area contributed by atoms with Gasteiger partial charge in [-0.2, -0.15) is 0 Å². The van der Waals surface area contributed by atoms with Crippen molar-refractivity contribution in [3.8, 4) is 0 Å². The summed E-state index contributed by atoms with van der Waals surface area (Å²) in [7, 11) is 0. The minimum atomic E-state index is -0.699. The fourth-order valence-corrected chi connectivity index (χ4v) is 3.23. The number of carbonyl (C=O) groups is 1. The Kier molecular flexibility index (Phi) is 7.46. The van der Waals surface area contributed by atoms with Gasteiger partial charge in [-0.15, -0.1) is 0 Å². The predicted octanol–water partition coefficient (Wildman–Crippen LogP) is 3.67. The Morgan fingerprint density at radius 2 is 1.62 bits per heavy atom. The van der Waals surface area contributed by atoms with Crippen LogP contribution in [0, 0.1) is 17.0 Å². The molecule has 0 aliphatic rings. The van der Waals surface area contributed by atoms with E-state index in [2.05, 4.69) is 5.32 Å². The average molecular weight is 435 g/mol. The van der Waals surface area contributed by atoms with Crippen molar-refractivity contribution in [2.45, 2.75) is 12.5 Å². The Bertz CT molecular complexity index is 1140. The summed E-state index contributed by atoms with van der Waals surface area (Å²) in [6.45, 7) is -0.372. The van der Waals surface area contributed by atoms with E-state index in [0.29, 0.717) is 16.7 Å². The summed E-state index contributed by atoms with van der Waals surface area (Å²) in [6, 6.07) is 17.5. The molecule has 1 amide bonds. The molecule has 3 aromatic rings. The predicted molar refractivity (Wildman–Crippen MR) is 120 cm³/mol. The molecule has 0 heterocycles. The fraction of sp³-hybridized carbons (Fsp3) is 0.120. The molecule has 164 valence electrons. The summed E-state index contributed by atoms with van der Waals surface area (Å²) in [5, 5.41) is 20.6. The van der Waals surface area contributed by atoms with E-state index in [1.807, 2.05) is 0 Å². The molecule has 3 rings (SSSR count). The van der Waals surface area contributed by atoms with E-state index in [-0.39, 0.29) is 30.0 Å². The van der Waals surface area contributed by atoms with Crippen molar-refractivity contribution in [3.63, 3.8) is 0 Å². The van der Waals surface area contributed by atoms with E-state index in [1.54, 1.807) is 42.5 Å². The van der Waals surface area contributed by atoms with Gasteiger partial charge in [0.2, 0.25) is 0 Å². The number of benzene rings is 3. The molecule has 1 atom stereocenters. The van der Waals surface area contributed by atoms with Gasteiger partial charge in [0.05, 0.1) is 18.4 Å². The van der Waals surface area contributed by atoms with Crippen molar-refractivity contribution in [1.82, 2.24) is 5.32 Å². The molecule has 5 nitrogen and oxygen atoms in total. The Balaban J connectivity index is 1.80. The first kappa shape index (κ1) is 22.8. The molecule has 0 bridgehead atoms. The van der Waals surface area contributed by atoms with Crippen molar-refractivity contribution >= 4 is 17.3 Å². The van der Waals surface area contributed by atoms with Crippen molar-refractivity contribution in [2.24, 2.45) is 5.73 Å². The minimum Gasteiger partial charge on any atom is -0.398 e. The number of allylic oxidation sites excluding steroid dienone is 1. The largest absolute Gasteiger partial charge is 0.398 e. The Morgan fingerprint density at radius 1 is 1.00 bits per heavy atom. The van der Waals surface area contributed by atoms with E-state index < -0.39 is 23.6 Å². The maximum absolute atomic E-state index is 13.9. The monoisotopic (exact) mass is 435 g/mol. The maximum Gasteiger partial charge on any atom is 0.252 e. The van der Waals surface area contributed by atoms with Crippen LogP contribution in [-0.4, -0.2) is 29.4 Å². The molecule has 0 unspecified atom stereocenters. The zero-order valence-electron chi connectivity index (χ0n) is 17.2. The molecule has 0 aliphatic carbocycles. The topological polar surface area (TPSA) is 99.2 Å². The number of aliphatic hydroxyl groups is 1. The van der Waals surface area contributed by atoms with Gasteiger partial charge in [-0.05, 0) is 60.0 Å². The molecule has 5 N–H and O–H groups in total. The number of amides is 1. The molecule has 0 saturated carbocycles. The quantitative estimate of drug-likeness (QED) is 0.406. The number of hydrogen-bond acceptors (Lipinski definition) is 4. The maximum atomic E-state index is 13.9. The number of rotatable bonds is 8. The van der Waals surface area contributed by atoms with E-state index in [0.717, 1.165) is 0 Å². The SMILES string of the molecule is N=C(C=C(N)c1ccccc1C(=O)N[C@@H](CO)Cc1ccccc1F)c1ccc(F)cc1. The van der Waals surface area contributed by atoms with Crippen LogP contribution in [-0.2, 0) is 6.42 Å². The van der Waals surface area contributed by atoms with Crippen LogP contribution in [0.15, 0.2) is 78.9 Å². The molecule has 0 aromatic heterocycles. The Labute approximate surface area is 184 Å². The third kappa shape index (κ3) is 5.65. The van der Waals surface area contributed by atoms with Crippen LogP contribution in [0.3, 0.4) is 0 Å². The van der Waals surface area contributed by atoms with Gasteiger partial charge in [0, 0.05) is 16.8 Å². The van der Waals surface area contributed by atoms with Crippen molar-refractivity contribution in [1.29, 1.82) is 5.41 Å². The summed E-state index contributed by atoms with van der Waals surface area (Å²) in [5.74, 6) is -1.30. The van der Waals surface area contributed by atoms with Gasteiger partial charge in [-0.25, -0.2) is 8.78 Å². The van der Waals surface area contributed by atoms with Crippen molar-refractivity contribution in [3.05, 3.63) is 113 Å². The standard InChI is InChI=1S/C25H23F2N3O2/c26-18-11-9-16(10-12-18)23(28)14-24(29)20-6-2-3-7-21(20)25(32)30-19(15-31)13-17-5-1-4-8-22(17)27/h1-12,14,19,28,31H,13,15,29H2,(H,30,32)/t19-/m1/s1. The summed E-state index contributed by atoms with van der Waals surface area (Å²) >= 11 is 0. The second-order valence-corrected chi connectivity index (χ2v) is 7.21. The molecule has 3 aromatic carbocycles. The highest BCUT2D eigenvalue weighted by Crippen LogP contribution is 2.17. The molecule has 0 fully saturated rings. The molecular weight excluding hydrogens is 412 g/mol. The molecule has 7 heteroatoms. The Morgan fingerprint density at radius 3 is 2.28 bits per heavy atom. The zero-order valence-corrected chi connectivity index (χ0v) is 17.2. The highest BCUT2D eigenvalue weighted by atomic mass is 19.1. The van der Waals surface area contributed by atoms with Crippen LogP contribution < -0.4 is 11.1 Å². The van der Waals surface area contributed by atoms with Crippen LogP contribution in [0.4, 0.5) is 8.78 Å². The lowest BCUT2D eigenvalue weighted by atomic mass is 10.0. The fourth-order valence-electron chi connectivity index (χ4n) is 3.23. The number of nitrogens with two attached hydrogens (primary N) is 1. The van der Waals surface area contributed by atoms with E-state index in [4.69, 9.17) is 11.1 Å². The van der Waals surface area contributed by atoms with Gasteiger partial charge in [-0.3, -0.25) is 4.79 Å². The smallest absolute Gasteiger partial charge is 0.252 e. The first-order valence-electron chi connectivity index (χ1n) is 9.95. The average Bonchev–Trinajstić information content (AvgIpc) is 2.80. The van der Waals surface area contributed by atoms with Gasteiger partial charge in [0.15, 0.2) is 0 Å². The molecule has 0 saturated heterocycles. The zero-order chi connectivity index (χ0) is 23.1. The van der Waals surface area contributed by atoms with Gasteiger partial charge in [-0.1, -0.05) is 36.4 Å². The molecule has 32 heavy (non-hydrogen) atoms. The van der Waals surface area contributed by atoms with Crippen molar-refractivity contribution < 1.29 is 18.7 Å². The highest BCUT2D eigenvalue weighted by Gasteiger charge is 2.18. The number of aliphatic hydroxyl groups excluding tert-OH is 1. The minimum absolute atomic E-state index is 0.0606. The lowest BCUT2D eigenvalue weighted by molar-refractivity contribution is 0.0916. The lowest BCUT2D eigenvalue weighted by Crippen LogP contribution is -2.39. The highest BCUT2D eigenvalue weighted by molar-refractivity contribution is 6.11. The second kappa shape index (κ2) is 10.5. The second-order valence-electron chi connectivity index (χ2n) is 7.21. The molecular formula is C25H23F2N3O2. The first-order chi connectivity index (χ1) is 15.4. The summed E-state index contributed by atoms with van der Waals surface area (Å²) in [4.78, 5) is 12.9. The third-order valence-corrected chi connectivity index (χ3v) is 4.92. The number of halogens is 2. The van der Waals surface area contributed by atoms with Crippen LogP contribution >= 0.6 is 0 Å². The van der Waals surface area contributed by atoms with Gasteiger partial charge < -0.3 is 21.6 Å². The normalized spacial score (nSPS) is 12.3. The lowest BCUT2D eigenvalue weighted by Gasteiger charge is -2.18. The molecule has 0 aliphatic heterocycles. The van der Waals surface area contributed by atoms with Crippen LogP contribution in [0.25, 0.3) is 5.70 Å². The number of hydrogen-bond donors (Lipinski definition) is 4. The Hall–Kier alpha value is -3.84.